The van der Waals surface area contributed by atoms with Gasteiger partial charge in [-0.05, 0) is 45.1 Å². The van der Waals surface area contributed by atoms with Gasteiger partial charge in [0, 0.05) is 24.7 Å². The molecule has 1 heterocycles. The first-order chi connectivity index (χ1) is 11.1. The van der Waals surface area contributed by atoms with E-state index in [9.17, 15) is 4.79 Å². The third-order valence-corrected chi connectivity index (χ3v) is 4.96. The summed E-state index contributed by atoms with van der Waals surface area (Å²) >= 11 is 0. The first-order valence-electron chi connectivity index (χ1n) is 8.41. The van der Waals surface area contributed by atoms with Gasteiger partial charge in [-0.1, -0.05) is 12.8 Å². The number of hydrogen-bond acceptors (Lipinski definition) is 4. The highest BCUT2D eigenvalue weighted by molar-refractivity contribution is 5.95. The Morgan fingerprint density at radius 1 is 1.00 bits per heavy atom. The first kappa shape index (κ1) is 16.1. The van der Waals surface area contributed by atoms with Crippen LogP contribution in [0.25, 0.3) is 0 Å². The monoisotopic (exact) mass is 318 g/mol. The molecule has 126 valence electrons. The molecule has 0 spiro atoms. The van der Waals surface area contributed by atoms with E-state index in [-0.39, 0.29) is 11.9 Å². The predicted octanol–water partition coefficient (Wildman–Crippen LogP) is 2.40. The summed E-state index contributed by atoms with van der Waals surface area (Å²) in [6, 6.07) is 6.16. The zero-order chi connectivity index (χ0) is 16.4. The van der Waals surface area contributed by atoms with Crippen LogP contribution in [0.4, 0.5) is 0 Å². The summed E-state index contributed by atoms with van der Waals surface area (Å²) in [6.07, 6.45) is 4.64. The maximum Gasteiger partial charge on any atom is 0.254 e. The lowest BCUT2D eigenvalue weighted by Gasteiger charge is -2.41. The second-order valence-corrected chi connectivity index (χ2v) is 6.66. The van der Waals surface area contributed by atoms with E-state index < -0.39 is 0 Å². The summed E-state index contributed by atoms with van der Waals surface area (Å²) in [7, 11) is 6.13. The Morgan fingerprint density at radius 2 is 1.65 bits per heavy atom. The topological polar surface area (TPSA) is 42.0 Å². The lowest BCUT2D eigenvalue weighted by molar-refractivity contribution is 0.0543. The fourth-order valence-electron chi connectivity index (χ4n) is 3.68. The van der Waals surface area contributed by atoms with Crippen LogP contribution in [-0.2, 0) is 0 Å². The van der Waals surface area contributed by atoms with Gasteiger partial charge in [-0.25, -0.2) is 0 Å². The van der Waals surface area contributed by atoms with E-state index in [1.165, 1.54) is 12.8 Å². The zero-order valence-corrected chi connectivity index (χ0v) is 14.2. The number of fused-ring (bicyclic) bond motifs is 1. The van der Waals surface area contributed by atoms with E-state index in [4.69, 9.17) is 9.47 Å². The summed E-state index contributed by atoms with van der Waals surface area (Å²) in [5.74, 6) is 1.45. The third kappa shape index (κ3) is 3.29. The molecule has 5 heteroatoms. The van der Waals surface area contributed by atoms with E-state index in [1.807, 2.05) is 24.1 Å². The number of carbonyl (C=O) groups excluding carboxylic acids is 1. The Morgan fingerprint density at radius 3 is 2.35 bits per heavy atom. The first-order valence-corrected chi connectivity index (χ1v) is 8.41. The Kier molecular flexibility index (Phi) is 4.76. The standard InChI is InChI=1S/C18H26N2O3/c1-19(2)14-6-4-5-7-15(14)20(3)18(21)13-8-9-16-17(12-13)23-11-10-22-16/h8-9,12,14-15H,4-7,10-11H2,1-3H3/t14-,15-/m1/s1. The number of nitrogens with zero attached hydrogens (tertiary/aromatic N) is 2. The average molecular weight is 318 g/mol. The minimum Gasteiger partial charge on any atom is -0.486 e. The number of ether oxygens (including phenoxy) is 2. The molecule has 1 fully saturated rings. The van der Waals surface area contributed by atoms with Crippen LogP contribution in [0.15, 0.2) is 18.2 Å². The largest absolute Gasteiger partial charge is 0.486 e. The molecule has 0 radical (unpaired) electrons. The molecule has 0 bridgehead atoms. The number of likely N-dealkylation sites (N-methyl/N-ethyl adjacent to an activating group) is 2. The predicted molar refractivity (Wildman–Crippen MR) is 89.3 cm³/mol. The molecule has 1 aliphatic carbocycles. The van der Waals surface area contributed by atoms with Gasteiger partial charge in [0.05, 0.1) is 0 Å². The molecular formula is C18H26N2O3. The number of hydrogen-bond donors (Lipinski definition) is 0. The minimum absolute atomic E-state index is 0.0562. The smallest absolute Gasteiger partial charge is 0.254 e. The van der Waals surface area contributed by atoms with Crippen LogP contribution >= 0.6 is 0 Å². The lowest BCUT2D eigenvalue weighted by atomic mass is 9.88. The number of rotatable bonds is 3. The van der Waals surface area contributed by atoms with E-state index in [0.29, 0.717) is 30.6 Å². The van der Waals surface area contributed by atoms with Crippen LogP contribution in [0.2, 0.25) is 0 Å². The number of carbonyl (C=O) groups is 1. The summed E-state index contributed by atoms with van der Waals surface area (Å²) in [5.41, 5.74) is 0.667. The van der Waals surface area contributed by atoms with Crippen molar-refractivity contribution in [3.05, 3.63) is 23.8 Å². The molecule has 2 aliphatic rings. The van der Waals surface area contributed by atoms with Crippen LogP contribution in [0.3, 0.4) is 0 Å². The molecule has 1 aromatic rings. The molecule has 2 atom stereocenters. The van der Waals surface area contributed by atoms with Gasteiger partial charge in [0.1, 0.15) is 13.2 Å². The van der Waals surface area contributed by atoms with Crippen molar-refractivity contribution in [1.82, 2.24) is 9.80 Å². The summed E-state index contributed by atoms with van der Waals surface area (Å²) in [4.78, 5) is 17.1. The third-order valence-electron chi connectivity index (χ3n) is 4.96. The lowest BCUT2D eigenvalue weighted by Crippen LogP contribution is -2.51. The van der Waals surface area contributed by atoms with Crippen molar-refractivity contribution in [2.75, 3.05) is 34.4 Å². The Bertz CT molecular complexity index is 573. The zero-order valence-electron chi connectivity index (χ0n) is 14.2. The van der Waals surface area contributed by atoms with Crippen LogP contribution in [0.5, 0.6) is 11.5 Å². The van der Waals surface area contributed by atoms with Gasteiger partial charge in [0.15, 0.2) is 11.5 Å². The summed E-state index contributed by atoms with van der Waals surface area (Å²) < 4.78 is 11.1. The molecule has 1 saturated carbocycles. The normalized spacial score (nSPS) is 23.7. The summed E-state index contributed by atoms with van der Waals surface area (Å²) in [6.45, 7) is 1.10. The van der Waals surface area contributed by atoms with Crippen LogP contribution in [0, 0.1) is 0 Å². The van der Waals surface area contributed by atoms with Gasteiger partial charge < -0.3 is 19.3 Å². The second kappa shape index (κ2) is 6.79. The van der Waals surface area contributed by atoms with E-state index in [2.05, 4.69) is 19.0 Å². The number of benzene rings is 1. The van der Waals surface area contributed by atoms with Gasteiger partial charge in [0.25, 0.3) is 5.91 Å². The Labute approximate surface area is 138 Å². The Balaban J connectivity index is 1.78. The van der Waals surface area contributed by atoms with Gasteiger partial charge in [0.2, 0.25) is 0 Å². The molecule has 5 nitrogen and oxygen atoms in total. The minimum atomic E-state index is 0.0562. The molecule has 0 aromatic heterocycles. The van der Waals surface area contributed by atoms with E-state index in [0.717, 1.165) is 18.6 Å². The van der Waals surface area contributed by atoms with Crippen molar-refractivity contribution in [2.24, 2.45) is 0 Å². The molecular weight excluding hydrogens is 292 g/mol. The van der Waals surface area contributed by atoms with E-state index >= 15 is 0 Å². The van der Waals surface area contributed by atoms with Gasteiger partial charge in [-0.3, -0.25) is 4.79 Å². The molecule has 1 amide bonds. The molecule has 0 saturated heterocycles. The molecule has 3 rings (SSSR count). The molecule has 0 unspecified atom stereocenters. The fourth-order valence-corrected chi connectivity index (χ4v) is 3.68. The SMILES string of the molecule is CN(C)[C@@H]1CCCC[C@H]1N(C)C(=O)c1ccc2c(c1)OCCO2. The highest BCUT2D eigenvalue weighted by atomic mass is 16.6. The van der Waals surface area contributed by atoms with Crippen molar-refractivity contribution in [3.63, 3.8) is 0 Å². The van der Waals surface area contributed by atoms with Crippen LogP contribution in [-0.4, -0.2) is 62.1 Å². The van der Waals surface area contributed by atoms with Crippen molar-refractivity contribution in [1.29, 1.82) is 0 Å². The summed E-state index contributed by atoms with van der Waals surface area (Å²) in [5, 5.41) is 0. The second-order valence-electron chi connectivity index (χ2n) is 6.66. The highest BCUT2D eigenvalue weighted by Crippen LogP contribution is 2.32. The van der Waals surface area contributed by atoms with Crippen LogP contribution in [0.1, 0.15) is 36.0 Å². The average Bonchev–Trinajstić information content (AvgIpc) is 2.60. The fraction of sp³-hybridized carbons (Fsp3) is 0.611. The Hall–Kier alpha value is -1.75. The van der Waals surface area contributed by atoms with Gasteiger partial charge in [-0.15, -0.1) is 0 Å². The van der Waals surface area contributed by atoms with Crippen molar-refractivity contribution < 1.29 is 14.3 Å². The molecule has 1 aromatic carbocycles. The van der Waals surface area contributed by atoms with Crippen molar-refractivity contribution in [2.45, 2.75) is 37.8 Å². The van der Waals surface area contributed by atoms with Crippen molar-refractivity contribution >= 4 is 5.91 Å². The quantitative estimate of drug-likeness (QED) is 0.858. The molecule has 1 aliphatic heterocycles. The van der Waals surface area contributed by atoms with Crippen molar-refractivity contribution in [3.8, 4) is 11.5 Å². The number of amides is 1. The van der Waals surface area contributed by atoms with Gasteiger partial charge >= 0.3 is 0 Å². The molecule has 0 N–H and O–H groups in total. The maximum atomic E-state index is 12.9. The molecule has 23 heavy (non-hydrogen) atoms. The van der Waals surface area contributed by atoms with Gasteiger partial charge in [-0.2, -0.15) is 0 Å². The van der Waals surface area contributed by atoms with E-state index in [1.54, 1.807) is 6.07 Å². The van der Waals surface area contributed by atoms with Crippen LogP contribution < -0.4 is 9.47 Å². The highest BCUT2D eigenvalue weighted by Gasteiger charge is 2.32. The maximum absolute atomic E-state index is 12.9.